The highest BCUT2D eigenvalue weighted by atomic mass is 16.5. The molecule has 0 aliphatic heterocycles. The molecule has 0 saturated carbocycles. The second-order valence-electron chi connectivity index (χ2n) is 5.99. The van der Waals surface area contributed by atoms with Gasteiger partial charge < -0.3 is 19.9 Å². The summed E-state index contributed by atoms with van der Waals surface area (Å²) in [5.41, 5.74) is 0.0205. The third-order valence-electron chi connectivity index (χ3n) is 3.14. The highest BCUT2D eigenvalue weighted by Crippen LogP contribution is 2.26. The number of rotatable bonds is 8. The van der Waals surface area contributed by atoms with Gasteiger partial charge in [-0.15, -0.1) is 0 Å². The lowest BCUT2D eigenvalue weighted by Crippen LogP contribution is -2.31. The minimum absolute atomic E-state index is 0.114. The van der Waals surface area contributed by atoms with E-state index < -0.39 is 11.4 Å². The maximum atomic E-state index is 11.1. The zero-order chi connectivity index (χ0) is 16.0. The van der Waals surface area contributed by atoms with Crippen LogP contribution in [-0.2, 0) is 11.3 Å². The van der Waals surface area contributed by atoms with E-state index in [0.717, 1.165) is 11.3 Å². The quantitative estimate of drug-likeness (QED) is 0.772. The van der Waals surface area contributed by atoms with Crippen LogP contribution < -0.4 is 14.8 Å². The van der Waals surface area contributed by atoms with Crippen molar-refractivity contribution in [3.8, 4) is 11.5 Å². The molecule has 0 aliphatic rings. The van der Waals surface area contributed by atoms with E-state index in [0.29, 0.717) is 18.3 Å². The minimum Gasteiger partial charge on any atom is -0.497 e. The van der Waals surface area contributed by atoms with Crippen LogP contribution >= 0.6 is 0 Å². The molecule has 0 atom stereocenters. The van der Waals surface area contributed by atoms with E-state index in [9.17, 15) is 4.79 Å². The van der Waals surface area contributed by atoms with Crippen molar-refractivity contribution in [2.24, 2.45) is 5.41 Å². The number of aliphatic carboxylic acids is 1. The maximum absolute atomic E-state index is 11.1. The molecule has 21 heavy (non-hydrogen) atoms. The van der Waals surface area contributed by atoms with E-state index in [1.807, 2.05) is 18.2 Å². The first-order valence-electron chi connectivity index (χ1n) is 7.02. The van der Waals surface area contributed by atoms with Crippen molar-refractivity contribution in [3.05, 3.63) is 23.8 Å². The predicted octanol–water partition coefficient (Wildman–Crippen LogP) is 2.68. The topological polar surface area (TPSA) is 67.8 Å². The van der Waals surface area contributed by atoms with E-state index in [1.165, 1.54) is 0 Å². The van der Waals surface area contributed by atoms with Gasteiger partial charge in [-0.1, -0.05) is 13.8 Å². The normalized spacial score (nSPS) is 11.5. The molecular weight excluding hydrogens is 270 g/mol. The van der Waals surface area contributed by atoms with Crippen LogP contribution in [0.3, 0.4) is 0 Å². The zero-order valence-electron chi connectivity index (χ0n) is 13.4. The molecule has 0 amide bonds. The molecule has 0 aliphatic carbocycles. The van der Waals surface area contributed by atoms with Crippen molar-refractivity contribution in [2.75, 3.05) is 13.7 Å². The van der Waals surface area contributed by atoms with Crippen LogP contribution in [0, 0.1) is 5.41 Å². The summed E-state index contributed by atoms with van der Waals surface area (Å²) in [6.07, 6.45) is 0. The molecular formula is C16H25NO4. The van der Waals surface area contributed by atoms with E-state index in [2.05, 4.69) is 19.2 Å². The highest BCUT2D eigenvalue weighted by molar-refractivity contribution is 5.73. The van der Waals surface area contributed by atoms with E-state index in [-0.39, 0.29) is 6.61 Å². The summed E-state index contributed by atoms with van der Waals surface area (Å²) in [7, 11) is 1.61. The zero-order valence-corrected chi connectivity index (χ0v) is 13.4. The van der Waals surface area contributed by atoms with Crippen molar-refractivity contribution in [3.63, 3.8) is 0 Å². The Bertz CT molecular complexity index is 483. The number of hydrogen-bond donors (Lipinski definition) is 2. The Morgan fingerprint density at radius 2 is 2.05 bits per heavy atom. The van der Waals surface area contributed by atoms with Gasteiger partial charge in [0.05, 0.1) is 12.5 Å². The average Bonchev–Trinajstić information content (AvgIpc) is 2.43. The molecule has 0 aromatic heterocycles. The smallest absolute Gasteiger partial charge is 0.312 e. The molecule has 0 radical (unpaired) electrons. The lowest BCUT2D eigenvalue weighted by molar-refractivity contribution is -0.148. The molecule has 1 rings (SSSR count). The Morgan fingerprint density at radius 3 is 2.57 bits per heavy atom. The number of carboxylic acids is 1. The van der Waals surface area contributed by atoms with E-state index in [4.69, 9.17) is 14.6 Å². The van der Waals surface area contributed by atoms with Crippen LogP contribution in [0.2, 0.25) is 0 Å². The van der Waals surface area contributed by atoms with Gasteiger partial charge in [0.2, 0.25) is 0 Å². The number of hydrogen-bond acceptors (Lipinski definition) is 4. The second kappa shape index (κ2) is 7.31. The largest absolute Gasteiger partial charge is 0.497 e. The number of nitrogens with one attached hydrogen (secondary N) is 1. The van der Waals surface area contributed by atoms with E-state index in [1.54, 1.807) is 21.0 Å². The predicted molar refractivity (Wildman–Crippen MR) is 81.9 cm³/mol. The molecule has 1 aromatic rings. The number of benzene rings is 1. The van der Waals surface area contributed by atoms with Crippen LogP contribution in [-0.4, -0.2) is 30.8 Å². The molecule has 0 saturated heterocycles. The van der Waals surface area contributed by atoms with Gasteiger partial charge in [0, 0.05) is 18.2 Å². The van der Waals surface area contributed by atoms with E-state index >= 15 is 0 Å². The van der Waals surface area contributed by atoms with Crippen molar-refractivity contribution in [1.29, 1.82) is 0 Å². The Labute approximate surface area is 126 Å². The number of ether oxygens (including phenoxy) is 2. The van der Waals surface area contributed by atoms with Gasteiger partial charge in [-0.3, -0.25) is 4.79 Å². The van der Waals surface area contributed by atoms with Crippen LogP contribution in [0.25, 0.3) is 0 Å². The van der Waals surface area contributed by atoms with Crippen molar-refractivity contribution in [1.82, 2.24) is 5.32 Å². The summed E-state index contributed by atoms with van der Waals surface area (Å²) in [5.74, 6) is 0.552. The minimum atomic E-state index is -0.928. The van der Waals surface area contributed by atoms with Crippen molar-refractivity contribution in [2.45, 2.75) is 40.3 Å². The Morgan fingerprint density at radius 1 is 1.38 bits per heavy atom. The monoisotopic (exact) mass is 295 g/mol. The first-order valence-corrected chi connectivity index (χ1v) is 7.02. The molecule has 0 heterocycles. The van der Waals surface area contributed by atoms with Crippen molar-refractivity contribution < 1.29 is 19.4 Å². The molecule has 0 fully saturated rings. The molecule has 118 valence electrons. The van der Waals surface area contributed by atoms with Crippen LogP contribution in [0.4, 0.5) is 0 Å². The van der Waals surface area contributed by atoms with Gasteiger partial charge >= 0.3 is 5.97 Å². The Balaban J connectivity index is 2.87. The van der Waals surface area contributed by atoms with Crippen molar-refractivity contribution >= 4 is 5.97 Å². The molecule has 2 N–H and O–H groups in total. The summed E-state index contributed by atoms with van der Waals surface area (Å²) in [6, 6.07) is 5.87. The number of carboxylic acid groups (broad SMARTS) is 1. The Hall–Kier alpha value is -1.75. The highest BCUT2D eigenvalue weighted by Gasteiger charge is 2.28. The maximum Gasteiger partial charge on any atom is 0.312 e. The summed E-state index contributed by atoms with van der Waals surface area (Å²) in [5, 5.41) is 12.5. The van der Waals surface area contributed by atoms with Gasteiger partial charge in [0.15, 0.2) is 0 Å². The van der Waals surface area contributed by atoms with Crippen LogP contribution in [0.15, 0.2) is 18.2 Å². The molecule has 1 aromatic carbocycles. The summed E-state index contributed by atoms with van der Waals surface area (Å²) >= 11 is 0. The lowest BCUT2D eigenvalue weighted by atomic mass is 9.95. The molecule has 5 heteroatoms. The summed E-state index contributed by atoms with van der Waals surface area (Å²) in [4.78, 5) is 11.1. The standard InChI is InChI=1S/C16H25NO4/c1-11(2)17-9-12-8-13(20-5)6-7-14(12)21-10-16(3,4)15(18)19/h6-8,11,17H,9-10H2,1-5H3,(H,18,19). The van der Waals surface area contributed by atoms with Crippen LogP contribution in [0.1, 0.15) is 33.3 Å². The van der Waals surface area contributed by atoms with Gasteiger partial charge in [0.1, 0.15) is 18.1 Å². The second-order valence-corrected chi connectivity index (χ2v) is 5.99. The van der Waals surface area contributed by atoms with Gasteiger partial charge in [-0.25, -0.2) is 0 Å². The molecule has 0 unspecified atom stereocenters. The average molecular weight is 295 g/mol. The molecule has 0 bridgehead atoms. The van der Waals surface area contributed by atoms with Gasteiger partial charge in [0.25, 0.3) is 0 Å². The fourth-order valence-electron chi connectivity index (χ4n) is 1.60. The molecule has 5 nitrogen and oxygen atoms in total. The lowest BCUT2D eigenvalue weighted by Gasteiger charge is -2.21. The molecule has 0 spiro atoms. The third kappa shape index (κ3) is 5.27. The number of methoxy groups -OCH3 is 1. The first-order chi connectivity index (χ1) is 9.76. The fraction of sp³-hybridized carbons (Fsp3) is 0.562. The van der Waals surface area contributed by atoms with Gasteiger partial charge in [-0.2, -0.15) is 0 Å². The Kier molecular flexibility index (Phi) is 6.03. The van der Waals surface area contributed by atoms with Crippen LogP contribution in [0.5, 0.6) is 11.5 Å². The van der Waals surface area contributed by atoms with Gasteiger partial charge in [-0.05, 0) is 32.0 Å². The third-order valence-corrected chi connectivity index (χ3v) is 3.14. The number of carbonyl (C=O) groups is 1. The summed E-state index contributed by atoms with van der Waals surface area (Å²) in [6.45, 7) is 8.17. The summed E-state index contributed by atoms with van der Waals surface area (Å²) < 4.78 is 10.9. The fourth-order valence-corrected chi connectivity index (χ4v) is 1.60. The first kappa shape index (κ1) is 17.3. The SMILES string of the molecule is COc1ccc(OCC(C)(C)C(=O)O)c(CNC(C)C)c1.